The van der Waals surface area contributed by atoms with Crippen LogP contribution in [0.1, 0.15) is 5.56 Å². The first-order valence-corrected chi connectivity index (χ1v) is 6.54. The maximum atomic E-state index is 5.41. The van der Waals surface area contributed by atoms with E-state index in [2.05, 4.69) is 40.0 Å². The molecule has 4 heteroatoms. The zero-order chi connectivity index (χ0) is 10.1. The molecule has 0 spiro atoms. The second-order valence-corrected chi connectivity index (χ2v) is 4.84. The molecule has 0 bridgehead atoms. The van der Waals surface area contributed by atoms with E-state index in [1.807, 2.05) is 6.07 Å². The molecule has 0 N–H and O–H groups in total. The van der Waals surface area contributed by atoms with Gasteiger partial charge in [0.15, 0.2) is 0 Å². The Kier molecular flexibility index (Phi) is 3.04. The Balaban J connectivity index is 2.82. The quantitative estimate of drug-likeness (QED) is 0.647. The number of methoxy groups -OCH3 is 1. The summed E-state index contributed by atoms with van der Waals surface area (Å²) in [5.74, 6) is 0.963. The van der Waals surface area contributed by atoms with Crippen molar-refractivity contribution in [3.8, 4) is 5.75 Å². The molecule has 0 radical (unpaired) electrons. The summed E-state index contributed by atoms with van der Waals surface area (Å²) in [5.41, 5.74) is 1.15. The van der Waals surface area contributed by atoms with Crippen LogP contribution < -0.4 is 4.74 Å². The number of rotatable bonds is 2. The molecule has 1 aromatic heterocycles. The fraction of sp³-hybridized carbons (Fsp3) is 0.200. The van der Waals surface area contributed by atoms with Gasteiger partial charge in [-0.3, -0.25) is 0 Å². The van der Waals surface area contributed by atoms with E-state index in [1.165, 1.54) is 10.1 Å². The smallest absolute Gasteiger partial charge is 0.140 e. The summed E-state index contributed by atoms with van der Waals surface area (Å²) in [7, 11) is 1.71. The van der Waals surface area contributed by atoms with Crippen molar-refractivity contribution in [3.05, 3.63) is 23.1 Å². The largest absolute Gasteiger partial charge is 0.495 e. The van der Waals surface area contributed by atoms with Gasteiger partial charge in [-0.05, 0) is 17.5 Å². The summed E-state index contributed by atoms with van der Waals surface area (Å²) in [6.07, 6.45) is 0. The third-order valence-electron chi connectivity index (χ3n) is 2.10. The Morgan fingerprint density at radius 1 is 1.57 bits per heavy atom. The number of alkyl halides is 1. The molecule has 2 rings (SSSR count). The van der Waals surface area contributed by atoms with Gasteiger partial charge in [-0.25, -0.2) is 0 Å². The molecular weight excluding hydrogens is 280 g/mol. The summed E-state index contributed by atoms with van der Waals surface area (Å²) < 4.78 is 6.58. The molecule has 1 nitrogen and oxygen atoms in total. The summed E-state index contributed by atoms with van der Waals surface area (Å²) >= 11 is 9.59. The highest BCUT2D eigenvalue weighted by Gasteiger charge is 2.11. The van der Waals surface area contributed by atoms with Gasteiger partial charge in [0.1, 0.15) is 5.75 Å². The number of ether oxygens (including phenoxy) is 1. The van der Waals surface area contributed by atoms with Gasteiger partial charge in [0.2, 0.25) is 0 Å². The van der Waals surface area contributed by atoms with Crippen molar-refractivity contribution in [1.29, 1.82) is 0 Å². The van der Waals surface area contributed by atoms with E-state index in [4.69, 9.17) is 4.74 Å². The third-order valence-corrected chi connectivity index (χ3v) is 3.99. The highest BCUT2D eigenvalue weighted by atomic mass is 79.9. The zero-order valence-corrected chi connectivity index (χ0v) is 10.9. The zero-order valence-electron chi connectivity index (χ0n) is 7.58. The van der Waals surface area contributed by atoms with Gasteiger partial charge >= 0.3 is 0 Å². The van der Waals surface area contributed by atoms with Crippen LogP contribution in [0, 0.1) is 0 Å². The first kappa shape index (κ1) is 10.3. The minimum Gasteiger partial charge on any atom is -0.495 e. The minimum absolute atomic E-state index is 0.789. The van der Waals surface area contributed by atoms with Crippen LogP contribution in [0.5, 0.6) is 5.75 Å². The lowest BCUT2D eigenvalue weighted by molar-refractivity contribution is 0.417. The van der Waals surface area contributed by atoms with Crippen LogP contribution in [0.4, 0.5) is 0 Å². The van der Waals surface area contributed by atoms with Crippen molar-refractivity contribution in [2.24, 2.45) is 0 Å². The fourth-order valence-electron chi connectivity index (χ4n) is 1.46. The van der Waals surface area contributed by atoms with Crippen LogP contribution in [0.15, 0.2) is 22.4 Å². The van der Waals surface area contributed by atoms with Crippen LogP contribution >= 0.6 is 39.9 Å². The van der Waals surface area contributed by atoms with Gasteiger partial charge in [0, 0.05) is 21.2 Å². The van der Waals surface area contributed by atoms with Crippen LogP contribution in [0.2, 0.25) is 0 Å². The van der Waals surface area contributed by atoms with Gasteiger partial charge in [-0.1, -0.05) is 15.9 Å². The van der Waals surface area contributed by atoms with Crippen molar-refractivity contribution >= 4 is 50.0 Å². The molecule has 0 saturated heterocycles. The summed E-state index contributed by atoms with van der Waals surface area (Å²) in [5, 5.41) is 4.02. The van der Waals surface area contributed by atoms with Crippen LogP contribution in [0.3, 0.4) is 0 Å². The molecule has 0 aliphatic rings. The number of fused-ring (bicyclic) bond motifs is 1. The van der Waals surface area contributed by atoms with Gasteiger partial charge in [0.05, 0.1) is 11.8 Å². The number of thiol groups is 1. The highest BCUT2D eigenvalue weighted by Crippen LogP contribution is 2.38. The van der Waals surface area contributed by atoms with E-state index in [1.54, 1.807) is 18.4 Å². The predicted molar refractivity (Wildman–Crippen MR) is 68.3 cm³/mol. The number of hydrogen-bond acceptors (Lipinski definition) is 3. The first-order chi connectivity index (χ1) is 6.77. The van der Waals surface area contributed by atoms with Crippen LogP contribution in [0.25, 0.3) is 10.1 Å². The Hall–Kier alpha value is -0.190. The molecule has 0 aliphatic carbocycles. The maximum absolute atomic E-state index is 5.41. The van der Waals surface area contributed by atoms with Gasteiger partial charge in [-0.2, -0.15) is 0 Å². The lowest BCUT2D eigenvalue weighted by atomic mass is 10.2. The molecule has 74 valence electrons. The topological polar surface area (TPSA) is 9.23 Å². The predicted octanol–water partition coefficient (Wildman–Crippen LogP) is 4.09. The van der Waals surface area contributed by atoms with Crippen LogP contribution in [-0.2, 0) is 5.33 Å². The summed E-state index contributed by atoms with van der Waals surface area (Å²) in [6, 6.07) is 4.12. The number of thiophene rings is 1. The van der Waals surface area contributed by atoms with E-state index in [9.17, 15) is 0 Å². The standard InChI is InChI=1S/C10H9BrOS2/c1-12-9-6(5-11)4-8(13)7-2-3-14-10(7)9/h2-4,13H,5H2,1H3. The van der Waals surface area contributed by atoms with Crippen molar-refractivity contribution in [3.63, 3.8) is 0 Å². The van der Waals surface area contributed by atoms with E-state index >= 15 is 0 Å². The first-order valence-electron chi connectivity index (χ1n) is 4.10. The molecule has 1 heterocycles. The molecule has 2 aromatic rings. The lowest BCUT2D eigenvalue weighted by Gasteiger charge is -2.08. The van der Waals surface area contributed by atoms with Crippen molar-refractivity contribution in [2.75, 3.05) is 7.11 Å². The van der Waals surface area contributed by atoms with E-state index in [-0.39, 0.29) is 0 Å². The highest BCUT2D eigenvalue weighted by molar-refractivity contribution is 9.08. The SMILES string of the molecule is COc1c(CBr)cc(S)c2ccsc12. The second kappa shape index (κ2) is 4.13. The number of benzene rings is 1. The Morgan fingerprint density at radius 2 is 2.36 bits per heavy atom. The average Bonchev–Trinajstić information content (AvgIpc) is 2.66. The maximum Gasteiger partial charge on any atom is 0.140 e. The molecule has 0 aliphatic heterocycles. The van der Waals surface area contributed by atoms with E-state index in [0.717, 1.165) is 21.5 Å². The van der Waals surface area contributed by atoms with Gasteiger partial charge < -0.3 is 4.74 Å². The Labute approximate surface area is 101 Å². The normalized spacial score (nSPS) is 10.8. The Morgan fingerprint density at radius 3 is 3.00 bits per heavy atom. The molecule has 14 heavy (non-hydrogen) atoms. The molecular formula is C10H9BrOS2. The van der Waals surface area contributed by atoms with Gasteiger partial charge in [-0.15, -0.1) is 24.0 Å². The molecule has 0 fully saturated rings. The molecule has 0 amide bonds. The number of hydrogen-bond donors (Lipinski definition) is 1. The van der Waals surface area contributed by atoms with Crippen LogP contribution in [-0.4, -0.2) is 7.11 Å². The van der Waals surface area contributed by atoms with Gasteiger partial charge in [0.25, 0.3) is 0 Å². The average molecular weight is 289 g/mol. The fourth-order valence-corrected chi connectivity index (χ4v) is 3.26. The van der Waals surface area contributed by atoms with Crippen molar-refractivity contribution in [2.45, 2.75) is 10.2 Å². The molecule has 0 atom stereocenters. The number of halogens is 1. The molecule has 0 unspecified atom stereocenters. The van der Waals surface area contributed by atoms with E-state index < -0.39 is 0 Å². The monoisotopic (exact) mass is 288 g/mol. The third kappa shape index (κ3) is 1.55. The summed E-state index contributed by atoms with van der Waals surface area (Å²) in [4.78, 5) is 1.01. The van der Waals surface area contributed by atoms with Crippen molar-refractivity contribution in [1.82, 2.24) is 0 Å². The molecule has 1 aromatic carbocycles. The summed E-state index contributed by atoms with van der Waals surface area (Å²) in [6.45, 7) is 0. The minimum atomic E-state index is 0.789. The van der Waals surface area contributed by atoms with E-state index in [0.29, 0.717) is 0 Å². The molecule has 0 saturated carbocycles. The second-order valence-electron chi connectivity index (χ2n) is 2.89. The van der Waals surface area contributed by atoms with Crippen molar-refractivity contribution < 1.29 is 4.74 Å². The lowest BCUT2D eigenvalue weighted by Crippen LogP contribution is -1.89. The Bertz CT molecular complexity index is 464.